The molecule has 1 fully saturated rings. The van der Waals surface area contributed by atoms with Crippen molar-refractivity contribution in [2.45, 2.75) is 50.6 Å². The summed E-state index contributed by atoms with van der Waals surface area (Å²) in [7, 11) is 0. The molecule has 0 aromatic heterocycles. The van der Waals surface area contributed by atoms with Gasteiger partial charge in [-0.2, -0.15) is 5.26 Å². The van der Waals surface area contributed by atoms with Crippen molar-refractivity contribution in [3.8, 4) is 6.07 Å². The fourth-order valence-corrected chi connectivity index (χ4v) is 1.79. The van der Waals surface area contributed by atoms with Crippen molar-refractivity contribution in [1.29, 1.82) is 5.26 Å². The van der Waals surface area contributed by atoms with Crippen LogP contribution in [0.5, 0.6) is 0 Å². The van der Waals surface area contributed by atoms with Crippen LogP contribution in [-0.2, 0) is 0 Å². The lowest BCUT2D eigenvalue weighted by Crippen LogP contribution is -2.57. The third kappa shape index (κ3) is 2.43. The van der Waals surface area contributed by atoms with Gasteiger partial charge in [0.05, 0.1) is 19.1 Å². The molecule has 0 aromatic carbocycles. The van der Waals surface area contributed by atoms with E-state index in [4.69, 9.17) is 5.26 Å². The summed E-state index contributed by atoms with van der Waals surface area (Å²) in [4.78, 5) is 0. The molecule has 0 aliphatic heterocycles. The minimum Gasteiger partial charge on any atom is -0.394 e. The molecule has 3 nitrogen and oxygen atoms in total. The van der Waals surface area contributed by atoms with Crippen LogP contribution in [0, 0.1) is 11.3 Å². The Labute approximate surface area is 79.8 Å². The molecule has 2 N–H and O–H groups in total. The Bertz CT molecular complexity index is 188. The van der Waals surface area contributed by atoms with E-state index in [0.717, 1.165) is 19.3 Å². The maximum absolute atomic E-state index is 9.20. The van der Waals surface area contributed by atoms with Crippen LogP contribution in [0.1, 0.15) is 39.0 Å². The quantitative estimate of drug-likeness (QED) is 0.671. The fraction of sp³-hybridized carbons (Fsp3) is 0.900. The van der Waals surface area contributed by atoms with Crippen LogP contribution in [0.15, 0.2) is 0 Å². The molecular weight excluding hydrogens is 164 g/mol. The largest absolute Gasteiger partial charge is 0.394 e. The molecule has 0 radical (unpaired) electrons. The molecular formula is C10H18N2O. The highest BCUT2D eigenvalue weighted by Gasteiger charge is 2.37. The van der Waals surface area contributed by atoms with Gasteiger partial charge in [-0.25, -0.2) is 0 Å². The Morgan fingerprint density at radius 1 is 1.62 bits per heavy atom. The van der Waals surface area contributed by atoms with Crippen molar-refractivity contribution in [2.24, 2.45) is 0 Å². The zero-order chi connectivity index (χ0) is 9.73. The number of hydrogen-bond donors (Lipinski definition) is 2. The number of aliphatic hydroxyl groups is 1. The number of aliphatic hydroxyl groups excluding tert-OH is 1. The predicted octanol–water partition coefficient (Wildman–Crippen LogP) is 1.18. The van der Waals surface area contributed by atoms with E-state index in [9.17, 15) is 5.11 Å². The van der Waals surface area contributed by atoms with E-state index in [1.807, 2.05) is 0 Å². The molecule has 0 bridgehead atoms. The molecule has 1 rings (SSSR count). The van der Waals surface area contributed by atoms with E-state index < -0.39 is 0 Å². The van der Waals surface area contributed by atoms with Crippen LogP contribution >= 0.6 is 0 Å². The van der Waals surface area contributed by atoms with Gasteiger partial charge in [0.2, 0.25) is 0 Å². The third-order valence-corrected chi connectivity index (χ3v) is 2.95. The Balaban J connectivity index is 2.40. The van der Waals surface area contributed by atoms with Gasteiger partial charge in [-0.1, -0.05) is 6.92 Å². The Morgan fingerprint density at radius 3 is 2.62 bits per heavy atom. The molecule has 0 amide bonds. The van der Waals surface area contributed by atoms with Gasteiger partial charge in [-0.15, -0.1) is 0 Å². The summed E-state index contributed by atoms with van der Waals surface area (Å²) in [5, 5.41) is 21.2. The minimum absolute atomic E-state index is 0.0580. The number of nitrogens with one attached hydrogen (secondary N) is 1. The average molecular weight is 182 g/mol. The predicted molar refractivity (Wildman–Crippen MR) is 51.1 cm³/mol. The summed E-state index contributed by atoms with van der Waals surface area (Å²) >= 11 is 0. The van der Waals surface area contributed by atoms with Crippen molar-refractivity contribution in [3.05, 3.63) is 0 Å². The Kier molecular flexibility index (Phi) is 3.71. The maximum atomic E-state index is 9.20. The van der Waals surface area contributed by atoms with Crippen molar-refractivity contribution in [3.63, 3.8) is 0 Å². The van der Waals surface area contributed by atoms with Gasteiger partial charge in [0.25, 0.3) is 0 Å². The second kappa shape index (κ2) is 4.59. The van der Waals surface area contributed by atoms with Gasteiger partial charge in [0, 0.05) is 11.6 Å². The molecule has 1 saturated carbocycles. The second-order valence-electron chi connectivity index (χ2n) is 3.90. The van der Waals surface area contributed by atoms with Crippen LogP contribution in [0.25, 0.3) is 0 Å². The summed E-state index contributed by atoms with van der Waals surface area (Å²) in [6.07, 6.45) is 4.78. The van der Waals surface area contributed by atoms with Crippen LogP contribution < -0.4 is 5.32 Å². The normalized spacial score (nSPS) is 21.6. The van der Waals surface area contributed by atoms with Crippen LogP contribution in [0.3, 0.4) is 0 Å². The van der Waals surface area contributed by atoms with E-state index in [1.165, 1.54) is 6.42 Å². The molecule has 1 unspecified atom stereocenters. The topological polar surface area (TPSA) is 56.0 Å². The van der Waals surface area contributed by atoms with E-state index >= 15 is 0 Å². The highest BCUT2D eigenvalue weighted by Crippen LogP contribution is 2.32. The molecule has 1 aliphatic rings. The first-order valence-electron chi connectivity index (χ1n) is 5.02. The van der Waals surface area contributed by atoms with Crippen molar-refractivity contribution in [2.75, 3.05) is 6.61 Å². The summed E-state index contributed by atoms with van der Waals surface area (Å²) in [5.74, 6) is 0. The zero-order valence-corrected chi connectivity index (χ0v) is 8.21. The summed E-state index contributed by atoms with van der Waals surface area (Å²) in [6, 6.07) is 2.42. The van der Waals surface area contributed by atoms with E-state index in [-0.39, 0.29) is 18.2 Å². The monoisotopic (exact) mass is 182 g/mol. The fourth-order valence-electron chi connectivity index (χ4n) is 1.79. The first kappa shape index (κ1) is 10.5. The lowest BCUT2D eigenvalue weighted by molar-refractivity contribution is 0.0764. The molecule has 0 aromatic rings. The second-order valence-corrected chi connectivity index (χ2v) is 3.90. The molecule has 74 valence electrons. The number of nitrogens with zero attached hydrogens (tertiary/aromatic N) is 1. The van der Waals surface area contributed by atoms with E-state index in [1.54, 1.807) is 0 Å². The number of hydrogen-bond acceptors (Lipinski definition) is 3. The van der Waals surface area contributed by atoms with Gasteiger partial charge in [0.15, 0.2) is 0 Å². The molecule has 13 heavy (non-hydrogen) atoms. The lowest BCUT2D eigenvalue weighted by Gasteiger charge is -2.43. The highest BCUT2D eigenvalue weighted by atomic mass is 16.3. The first-order valence-corrected chi connectivity index (χ1v) is 5.02. The van der Waals surface area contributed by atoms with Gasteiger partial charge < -0.3 is 10.4 Å². The highest BCUT2D eigenvalue weighted by molar-refractivity contribution is 4.98. The summed E-state index contributed by atoms with van der Waals surface area (Å²) in [6.45, 7) is 2.27. The number of rotatable bonds is 5. The van der Waals surface area contributed by atoms with Crippen LogP contribution in [0.4, 0.5) is 0 Å². The Morgan fingerprint density at radius 2 is 2.31 bits per heavy atom. The van der Waals surface area contributed by atoms with E-state index in [2.05, 4.69) is 18.3 Å². The average Bonchev–Trinajstić information content (AvgIpc) is 2.09. The SMILES string of the molecule is CCC(CC#N)NC1(CO)CCC1. The molecule has 1 aliphatic carbocycles. The van der Waals surface area contributed by atoms with Gasteiger partial charge >= 0.3 is 0 Å². The van der Waals surface area contributed by atoms with E-state index in [0.29, 0.717) is 6.42 Å². The van der Waals surface area contributed by atoms with Crippen molar-refractivity contribution in [1.82, 2.24) is 5.32 Å². The minimum atomic E-state index is -0.0580. The van der Waals surface area contributed by atoms with Crippen LogP contribution in [0.2, 0.25) is 0 Å². The van der Waals surface area contributed by atoms with Crippen molar-refractivity contribution >= 4 is 0 Å². The smallest absolute Gasteiger partial charge is 0.0638 e. The first-order chi connectivity index (χ1) is 6.26. The third-order valence-electron chi connectivity index (χ3n) is 2.95. The van der Waals surface area contributed by atoms with Gasteiger partial charge in [-0.05, 0) is 25.7 Å². The zero-order valence-electron chi connectivity index (χ0n) is 8.21. The molecule has 1 atom stereocenters. The Hall–Kier alpha value is -0.590. The summed E-state index contributed by atoms with van der Waals surface area (Å²) in [5.41, 5.74) is -0.0580. The standard InChI is InChI=1S/C10H18N2O/c1-2-9(4-7-11)12-10(8-13)5-3-6-10/h9,12-13H,2-6,8H2,1H3. The van der Waals surface area contributed by atoms with Crippen LogP contribution in [-0.4, -0.2) is 23.3 Å². The molecule has 0 spiro atoms. The number of nitriles is 1. The molecule has 0 heterocycles. The molecule has 3 heteroatoms. The maximum Gasteiger partial charge on any atom is 0.0638 e. The lowest BCUT2D eigenvalue weighted by atomic mass is 9.76. The summed E-state index contributed by atoms with van der Waals surface area (Å²) < 4.78 is 0. The van der Waals surface area contributed by atoms with Gasteiger partial charge in [-0.3, -0.25) is 0 Å². The van der Waals surface area contributed by atoms with Crippen molar-refractivity contribution < 1.29 is 5.11 Å². The molecule has 0 saturated heterocycles. The van der Waals surface area contributed by atoms with Gasteiger partial charge in [0.1, 0.15) is 0 Å².